The minimum atomic E-state index is -0.685. The molecule has 1 amide bonds. The van der Waals surface area contributed by atoms with Crippen LogP contribution < -0.4 is 5.63 Å². The van der Waals surface area contributed by atoms with E-state index in [1.54, 1.807) is 42.5 Å². The Morgan fingerprint density at radius 2 is 1.69 bits per heavy atom. The molecule has 6 nitrogen and oxygen atoms in total. The number of thiocarbonyl (C=S) groups is 1. The summed E-state index contributed by atoms with van der Waals surface area (Å²) in [5.41, 5.74) is -0.418. The molecule has 35 heavy (non-hydrogen) atoms. The van der Waals surface area contributed by atoms with Crippen LogP contribution in [0.25, 0.3) is 28.4 Å². The Kier molecular flexibility index (Phi) is 4.80. The number of hydrogen-bond donors (Lipinski definition) is 1. The standard InChI is InChI=1S/C27H23NO5S2/c29-24-18-3-1-2-4-19(18)33-26(31)22(24)20-6-5-17(32-20)12-21-25(30)28(27(34)35-21)23-15-8-13-7-14(10-15)11-16(23)9-13/h1-6,12-16,23,29H,7-11H2. The molecule has 5 aliphatic rings. The van der Waals surface area contributed by atoms with Gasteiger partial charge in [-0.1, -0.05) is 36.1 Å². The van der Waals surface area contributed by atoms with E-state index in [-0.39, 0.29) is 29.0 Å². The van der Waals surface area contributed by atoms with Gasteiger partial charge in [-0.15, -0.1) is 0 Å². The highest BCUT2D eigenvalue weighted by atomic mass is 32.2. The molecule has 3 aromatic rings. The molecule has 1 aliphatic heterocycles. The van der Waals surface area contributed by atoms with Crippen LogP contribution in [-0.2, 0) is 4.79 Å². The molecule has 4 bridgehead atoms. The van der Waals surface area contributed by atoms with Crippen LogP contribution in [0.3, 0.4) is 0 Å². The zero-order chi connectivity index (χ0) is 23.8. The number of benzene rings is 1. The van der Waals surface area contributed by atoms with E-state index in [1.165, 1.54) is 43.9 Å². The number of nitrogens with zero attached hydrogens (tertiary/aromatic N) is 1. The number of carbonyl (C=O) groups is 1. The third-order valence-electron chi connectivity index (χ3n) is 8.23. The SMILES string of the molecule is O=C1C(=Cc2ccc(-c3c(O)c4ccccc4oc3=O)o2)SC(=S)N1C1C2CC3CC(C2)CC1C3. The molecule has 8 rings (SSSR count). The molecule has 3 heterocycles. The van der Waals surface area contributed by atoms with Gasteiger partial charge in [-0.05, 0) is 80.0 Å². The summed E-state index contributed by atoms with van der Waals surface area (Å²) in [5.74, 6) is 3.12. The minimum Gasteiger partial charge on any atom is -0.506 e. The largest absolute Gasteiger partial charge is 0.506 e. The molecule has 0 unspecified atom stereocenters. The summed E-state index contributed by atoms with van der Waals surface area (Å²) in [6.07, 6.45) is 7.91. The van der Waals surface area contributed by atoms with E-state index in [2.05, 4.69) is 0 Å². The summed E-state index contributed by atoms with van der Waals surface area (Å²) in [5, 5.41) is 11.1. The average Bonchev–Trinajstić information content (AvgIpc) is 3.38. The predicted molar refractivity (Wildman–Crippen MR) is 138 cm³/mol. The molecule has 1 N–H and O–H groups in total. The highest BCUT2D eigenvalue weighted by Gasteiger charge is 2.53. The van der Waals surface area contributed by atoms with Crippen LogP contribution in [0.5, 0.6) is 5.75 Å². The fraction of sp³-hybridized carbons (Fsp3) is 0.370. The molecule has 4 saturated carbocycles. The fourth-order valence-electron chi connectivity index (χ4n) is 7.10. The first-order chi connectivity index (χ1) is 17.0. The highest BCUT2D eigenvalue weighted by Crippen LogP contribution is 2.56. The minimum absolute atomic E-state index is 0.0375. The molecule has 0 spiro atoms. The highest BCUT2D eigenvalue weighted by molar-refractivity contribution is 8.26. The summed E-state index contributed by atoms with van der Waals surface area (Å²) in [6, 6.07) is 10.3. The first-order valence-electron chi connectivity index (χ1n) is 12.1. The Morgan fingerprint density at radius 3 is 2.43 bits per heavy atom. The summed E-state index contributed by atoms with van der Waals surface area (Å²) in [6.45, 7) is 0. The molecule has 4 aliphatic carbocycles. The molecule has 0 radical (unpaired) electrons. The van der Waals surface area contributed by atoms with Crippen LogP contribution >= 0.6 is 24.0 Å². The van der Waals surface area contributed by atoms with E-state index in [1.807, 2.05) is 4.90 Å². The van der Waals surface area contributed by atoms with Gasteiger partial charge < -0.3 is 13.9 Å². The van der Waals surface area contributed by atoms with Gasteiger partial charge in [0.25, 0.3) is 5.91 Å². The van der Waals surface area contributed by atoms with Crippen molar-refractivity contribution in [1.29, 1.82) is 0 Å². The second kappa shape index (κ2) is 7.83. The number of fused-ring (bicyclic) bond motifs is 1. The zero-order valence-corrected chi connectivity index (χ0v) is 20.4. The maximum Gasteiger partial charge on any atom is 0.351 e. The van der Waals surface area contributed by atoms with Crippen LogP contribution in [0, 0.1) is 23.7 Å². The third kappa shape index (κ3) is 3.33. The van der Waals surface area contributed by atoms with Gasteiger partial charge in [-0.25, -0.2) is 4.79 Å². The van der Waals surface area contributed by atoms with Gasteiger partial charge in [-0.2, -0.15) is 0 Å². The number of amides is 1. The molecule has 8 heteroatoms. The number of carbonyl (C=O) groups excluding carboxylic acids is 1. The van der Waals surface area contributed by atoms with Crippen molar-refractivity contribution in [2.75, 3.05) is 0 Å². The van der Waals surface area contributed by atoms with Crippen molar-refractivity contribution in [2.45, 2.75) is 38.1 Å². The van der Waals surface area contributed by atoms with E-state index in [0.29, 0.717) is 37.8 Å². The second-order valence-corrected chi connectivity index (χ2v) is 12.0. The molecular formula is C27H23NO5S2. The zero-order valence-electron chi connectivity index (χ0n) is 18.8. The Hall–Kier alpha value is -2.84. The Morgan fingerprint density at radius 1 is 0.971 bits per heavy atom. The lowest BCUT2D eigenvalue weighted by Crippen LogP contribution is -2.57. The lowest BCUT2D eigenvalue weighted by atomic mass is 9.54. The molecule has 1 aromatic carbocycles. The smallest absolute Gasteiger partial charge is 0.351 e. The van der Waals surface area contributed by atoms with Gasteiger partial charge in [0.15, 0.2) is 0 Å². The summed E-state index contributed by atoms with van der Waals surface area (Å²) in [4.78, 5) is 28.4. The van der Waals surface area contributed by atoms with Crippen molar-refractivity contribution in [1.82, 2.24) is 4.90 Å². The molecule has 2 aromatic heterocycles. The number of aromatic hydroxyl groups is 1. The Bertz CT molecular complexity index is 1460. The van der Waals surface area contributed by atoms with Crippen LogP contribution in [0.4, 0.5) is 0 Å². The fourth-order valence-corrected chi connectivity index (χ4v) is 8.43. The molecule has 5 fully saturated rings. The van der Waals surface area contributed by atoms with Crippen LogP contribution in [-0.4, -0.2) is 26.3 Å². The van der Waals surface area contributed by atoms with Gasteiger partial charge in [0.05, 0.1) is 10.3 Å². The average molecular weight is 506 g/mol. The number of rotatable bonds is 3. The summed E-state index contributed by atoms with van der Waals surface area (Å²) >= 11 is 6.99. The van der Waals surface area contributed by atoms with Crippen LogP contribution in [0.15, 0.2) is 54.9 Å². The topological polar surface area (TPSA) is 83.9 Å². The third-order valence-corrected chi connectivity index (χ3v) is 9.56. The normalized spacial score (nSPS) is 30.8. The van der Waals surface area contributed by atoms with Crippen molar-refractivity contribution in [3.05, 3.63) is 57.5 Å². The first-order valence-corrected chi connectivity index (χ1v) is 13.3. The van der Waals surface area contributed by atoms with Crippen LogP contribution in [0.2, 0.25) is 0 Å². The monoisotopic (exact) mass is 505 g/mol. The van der Waals surface area contributed by atoms with E-state index in [0.717, 1.165) is 11.8 Å². The first kappa shape index (κ1) is 21.4. The maximum absolute atomic E-state index is 13.5. The van der Waals surface area contributed by atoms with E-state index >= 15 is 0 Å². The lowest BCUT2D eigenvalue weighted by molar-refractivity contribution is -0.130. The molecular weight excluding hydrogens is 482 g/mol. The summed E-state index contributed by atoms with van der Waals surface area (Å²) in [7, 11) is 0. The van der Waals surface area contributed by atoms with E-state index < -0.39 is 5.63 Å². The van der Waals surface area contributed by atoms with Crippen molar-refractivity contribution < 1.29 is 18.7 Å². The molecule has 0 atom stereocenters. The van der Waals surface area contributed by atoms with Gasteiger partial charge in [0.2, 0.25) is 0 Å². The number of para-hydroxylation sites is 1. The van der Waals surface area contributed by atoms with Crippen molar-refractivity contribution in [3.8, 4) is 17.1 Å². The maximum atomic E-state index is 13.5. The summed E-state index contributed by atoms with van der Waals surface area (Å²) < 4.78 is 11.9. The Balaban J connectivity index is 1.19. The van der Waals surface area contributed by atoms with Crippen molar-refractivity contribution in [3.63, 3.8) is 0 Å². The lowest BCUT2D eigenvalue weighted by Gasteiger charge is -2.56. The van der Waals surface area contributed by atoms with Gasteiger partial charge >= 0.3 is 5.63 Å². The Labute approximate surface area is 211 Å². The molecule has 178 valence electrons. The molecule has 1 saturated heterocycles. The number of hydrogen-bond acceptors (Lipinski definition) is 7. The second-order valence-electron chi connectivity index (χ2n) is 10.3. The van der Waals surface area contributed by atoms with Crippen molar-refractivity contribution >= 4 is 51.3 Å². The van der Waals surface area contributed by atoms with Crippen LogP contribution in [0.1, 0.15) is 37.9 Å². The van der Waals surface area contributed by atoms with Gasteiger partial charge in [-0.3, -0.25) is 9.69 Å². The van der Waals surface area contributed by atoms with Gasteiger partial charge in [0, 0.05) is 12.1 Å². The van der Waals surface area contributed by atoms with Crippen molar-refractivity contribution in [2.24, 2.45) is 23.7 Å². The van der Waals surface area contributed by atoms with Gasteiger partial charge in [0.1, 0.15) is 32.7 Å². The van der Waals surface area contributed by atoms with E-state index in [9.17, 15) is 14.7 Å². The number of thioether (sulfide) groups is 1. The van der Waals surface area contributed by atoms with E-state index in [4.69, 9.17) is 21.1 Å². The predicted octanol–water partition coefficient (Wildman–Crippen LogP) is 5.78. The quantitative estimate of drug-likeness (QED) is 0.274. The number of furan rings is 1.